The van der Waals surface area contributed by atoms with Gasteiger partial charge in [-0.2, -0.15) is 5.10 Å². The molecule has 0 radical (unpaired) electrons. The molecule has 0 saturated heterocycles. The summed E-state index contributed by atoms with van der Waals surface area (Å²) >= 11 is 0. The largest absolute Gasteiger partial charge is 0.378 e. The molecule has 1 aliphatic heterocycles. The number of hydrogen-bond donors (Lipinski definition) is 2. The predicted molar refractivity (Wildman–Crippen MR) is 116 cm³/mol. The number of nitrogens with one attached hydrogen (secondary N) is 2. The molecule has 1 aromatic heterocycles. The second kappa shape index (κ2) is 7.77. The number of carbonyl (C=O) groups is 1. The number of rotatable bonds is 5. The van der Waals surface area contributed by atoms with Gasteiger partial charge in [-0.1, -0.05) is 12.1 Å². The molecule has 162 valence electrons. The molecule has 0 spiro atoms. The van der Waals surface area contributed by atoms with E-state index >= 15 is 0 Å². The molecule has 0 atom stereocenters. The summed E-state index contributed by atoms with van der Waals surface area (Å²) in [5, 5.41) is 10.2. The zero-order valence-corrected chi connectivity index (χ0v) is 18.0. The van der Waals surface area contributed by atoms with E-state index in [0.29, 0.717) is 17.9 Å². The average Bonchev–Trinajstić information content (AvgIpc) is 3.24. The minimum atomic E-state index is -0.858. The molecule has 8 heteroatoms. The van der Waals surface area contributed by atoms with Crippen molar-refractivity contribution in [3.63, 3.8) is 0 Å². The normalized spacial score (nSPS) is 15.0. The maximum Gasteiger partial charge on any atom is 0.256 e. The second-order valence-corrected chi connectivity index (χ2v) is 8.45. The quantitative estimate of drug-likeness (QED) is 0.641. The van der Waals surface area contributed by atoms with E-state index in [9.17, 15) is 13.6 Å². The highest BCUT2D eigenvalue weighted by Crippen LogP contribution is 2.41. The highest BCUT2D eigenvalue weighted by atomic mass is 19.2. The molecule has 0 saturated carbocycles. The number of hydrogen-bond acceptors (Lipinski definition) is 4. The van der Waals surface area contributed by atoms with Gasteiger partial charge in [0, 0.05) is 49.6 Å². The van der Waals surface area contributed by atoms with E-state index in [4.69, 9.17) is 0 Å². The van der Waals surface area contributed by atoms with Crippen LogP contribution in [0, 0.1) is 11.6 Å². The monoisotopic (exact) mass is 425 g/mol. The summed E-state index contributed by atoms with van der Waals surface area (Å²) in [5.74, 6) is -1.50. The van der Waals surface area contributed by atoms with Crippen LogP contribution in [-0.4, -0.2) is 35.1 Å². The average molecular weight is 425 g/mol. The summed E-state index contributed by atoms with van der Waals surface area (Å²) in [6, 6.07) is 11.5. The first-order valence-corrected chi connectivity index (χ1v) is 10.0. The Balaban J connectivity index is 1.54. The molecule has 0 aliphatic carbocycles. The molecule has 4 rings (SSSR count). The molecule has 2 heterocycles. The van der Waals surface area contributed by atoms with Gasteiger partial charge in [0.05, 0.1) is 11.2 Å². The maximum absolute atomic E-state index is 14.2. The number of nitrogens with zero attached hydrogens (tertiary/aromatic N) is 3. The third kappa shape index (κ3) is 3.79. The van der Waals surface area contributed by atoms with Gasteiger partial charge in [-0.3, -0.25) is 14.8 Å². The zero-order chi connectivity index (χ0) is 22.3. The molecular weight excluding hydrogens is 400 g/mol. The van der Waals surface area contributed by atoms with Crippen molar-refractivity contribution in [1.29, 1.82) is 0 Å². The number of benzene rings is 2. The van der Waals surface area contributed by atoms with Crippen molar-refractivity contribution in [1.82, 2.24) is 15.1 Å². The number of anilines is 2. The highest BCUT2D eigenvalue weighted by Gasteiger charge is 2.41. The van der Waals surface area contributed by atoms with Gasteiger partial charge in [0.15, 0.2) is 17.5 Å². The molecule has 3 aromatic rings. The number of amides is 1. The number of aromatic amines is 1. The van der Waals surface area contributed by atoms with Crippen LogP contribution >= 0.6 is 0 Å². The van der Waals surface area contributed by atoms with Crippen molar-refractivity contribution in [2.24, 2.45) is 0 Å². The lowest BCUT2D eigenvalue weighted by Crippen LogP contribution is -2.35. The highest BCUT2D eigenvalue weighted by molar-refractivity contribution is 6.04. The van der Waals surface area contributed by atoms with Crippen LogP contribution in [0.15, 0.2) is 42.5 Å². The topological polar surface area (TPSA) is 64.3 Å². The summed E-state index contributed by atoms with van der Waals surface area (Å²) in [6.45, 7) is 4.65. The predicted octanol–water partition coefficient (Wildman–Crippen LogP) is 4.26. The SMILES string of the molecule is CN(C)c1ccc(C(=O)Nc2n[nH]c3c2CN(Cc2cccc(F)c2F)C3(C)C)cc1. The maximum atomic E-state index is 14.2. The number of fused-ring (bicyclic) bond motifs is 1. The molecular formula is C23H25F2N5O. The Kier molecular flexibility index (Phi) is 5.26. The van der Waals surface area contributed by atoms with Crippen LogP contribution in [0.5, 0.6) is 0 Å². The van der Waals surface area contributed by atoms with E-state index in [-0.39, 0.29) is 18.0 Å². The standard InChI is InChI=1S/C23H25F2N5O/c1-23(2)20-17(13-30(23)12-15-6-5-7-18(24)19(15)25)21(28-27-20)26-22(31)14-8-10-16(11-9-14)29(3)4/h5-11H,12-13H2,1-4H3,(H2,26,27,28,31). The Hall–Kier alpha value is -3.26. The minimum absolute atomic E-state index is 0.235. The molecule has 2 N–H and O–H groups in total. The first-order valence-electron chi connectivity index (χ1n) is 10.0. The summed E-state index contributed by atoms with van der Waals surface area (Å²) in [7, 11) is 3.87. The van der Waals surface area contributed by atoms with Crippen molar-refractivity contribution in [3.8, 4) is 0 Å². The van der Waals surface area contributed by atoms with Crippen LogP contribution in [0.25, 0.3) is 0 Å². The summed E-state index contributed by atoms with van der Waals surface area (Å²) < 4.78 is 27.8. The summed E-state index contributed by atoms with van der Waals surface area (Å²) in [6.07, 6.45) is 0. The first-order chi connectivity index (χ1) is 14.7. The van der Waals surface area contributed by atoms with Gasteiger partial charge in [-0.25, -0.2) is 8.78 Å². The van der Waals surface area contributed by atoms with Gasteiger partial charge >= 0.3 is 0 Å². The first kappa shape index (κ1) is 21.0. The third-order valence-electron chi connectivity index (χ3n) is 5.89. The van der Waals surface area contributed by atoms with Crippen LogP contribution in [0.4, 0.5) is 20.3 Å². The van der Waals surface area contributed by atoms with E-state index in [1.165, 1.54) is 6.07 Å². The van der Waals surface area contributed by atoms with Crippen LogP contribution in [0.1, 0.15) is 41.0 Å². The van der Waals surface area contributed by atoms with Gasteiger partial charge in [0.25, 0.3) is 5.91 Å². The van der Waals surface area contributed by atoms with Crippen molar-refractivity contribution in [3.05, 3.63) is 76.5 Å². The molecule has 31 heavy (non-hydrogen) atoms. The Labute approximate surface area is 179 Å². The number of halogens is 2. The van der Waals surface area contributed by atoms with Gasteiger partial charge in [0.2, 0.25) is 0 Å². The van der Waals surface area contributed by atoms with Crippen LogP contribution in [-0.2, 0) is 18.6 Å². The van der Waals surface area contributed by atoms with Crippen LogP contribution in [0.2, 0.25) is 0 Å². The van der Waals surface area contributed by atoms with E-state index < -0.39 is 17.2 Å². The molecule has 0 fully saturated rings. The Morgan fingerprint density at radius 2 is 1.90 bits per heavy atom. The van der Waals surface area contributed by atoms with Gasteiger partial charge in [-0.05, 0) is 44.2 Å². The summed E-state index contributed by atoms with van der Waals surface area (Å²) in [4.78, 5) is 16.7. The molecule has 6 nitrogen and oxygen atoms in total. The van der Waals surface area contributed by atoms with Crippen LogP contribution < -0.4 is 10.2 Å². The fourth-order valence-corrected chi connectivity index (χ4v) is 3.90. The Bertz CT molecular complexity index is 1120. The van der Waals surface area contributed by atoms with Crippen molar-refractivity contribution in [2.45, 2.75) is 32.5 Å². The van der Waals surface area contributed by atoms with Gasteiger partial charge in [0.1, 0.15) is 0 Å². The van der Waals surface area contributed by atoms with E-state index in [1.54, 1.807) is 18.2 Å². The van der Waals surface area contributed by atoms with Crippen molar-refractivity contribution in [2.75, 3.05) is 24.3 Å². The van der Waals surface area contributed by atoms with E-state index in [1.807, 2.05) is 49.9 Å². The third-order valence-corrected chi connectivity index (χ3v) is 5.89. The second-order valence-electron chi connectivity index (χ2n) is 8.45. The molecule has 1 aliphatic rings. The van der Waals surface area contributed by atoms with Gasteiger partial charge < -0.3 is 10.2 Å². The number of carbonyl (C=O) groups excluding carboxylic acids is 1. The lowest BCUT2D eigenvalue weighted by molar-refractivity contribution is 0.102. The van der Waals surface area contributed by atoms with E-state index in [2.05, 4.69) is 15.5 Å². The summed E-state index contributed by atoms with van der Waals surface area (Å²) in [5.41, 5.74) is 3.02. The van der Waals surface area contributed by atoms with Crippen molar-refractivity contribution >= 4 is 17.4 Å². The molecule has 0 bridgehead atoms. The Morgan fingerprint density at radius 1 is 1.19 bits per heavy atom. The molecule has 2 aromatic carbocycles. The van der Waals surface area contributed by atoms with Gasteiger partial charge in [-0.15, -0.1) is 0 Å². The zero-order valence-electron chi connectivity index (χ0n) is 18.0. The lowest BCUT2D eigenvalue weighted by Gasteiger charge is -2.31. The number of H-pyrrole nitrogens is 1. The van der Waals surface area contributed by atoms with E-state index in [0.717, 1.165) is 23.0 Å². The Morgan fingerprint density at radius 3 is 2.58 bits per heavy atom. The number of aromatic nitrogens is 2. The van der Waals surface area contributed by atoms with Crippen molar-refractivity contribution < 1.29 is 13.6 Å². The molecule has 0 unspecified atom stereocenters. The fourth-order valence-electron chi connectivity index (χ4n) is 3.90. The van der Waals surface area contributed by atoms with Crippen LogP contribution in [0.3, 0.4) is 0 Å². The lowest BCUT2D eigenvalue weighted by atomic mass is 10.00. The molecule has 1 amide bonds. The fraction of sp³-hybridized carbons (Fsp3) is 0.304. The minimum Gasteiger partial charge on any atom is -0.378 e. The smallest absolute Gasteiger partial charge is 0.256 e.